The van der Waals surface area contributed by atoms with Crippen molar-refractivity contribution in [3.8, 4) is 17.1 Å². The molecule has 8 heteroatoms. The number of benzene rings is 1. The zero-order valence-corrected chi connectivity index (χ0v) is 14.7. The van der Waals surface area contributed by atoms with Gasteiger partial charge in [0.05, 0.1) is 25.2 Å². The lowest BCUT2D eigenvalue weighted by atomic mass is 10.2. The van der Waals surface area contributed by atoms with Crippen LogP contribution in [0.1, 0.15) is 12.7 Å². The van der Waals surface area contributed by atoms with Gasteiger partial charge in [-0.2, -0.15) is 0 Å². The Bertz CT molecular complexity index is 815. The summed E-state index contributed by atoms with van der Waals surface area (Å²) < 4.78 is 10.3. The second kappa shape index (κ2) is 7.89. The van der Waals surface area contributed by atoms with E-state index in [1.165, 1.54) is 11.8 Å². The fraction of sp³-hybridized carbons (Fsp3) is 0.235. The quantitative estimate of drug-likeness (QED) is 0.631. The van der Waals surface area contributed by atoms with E-state index in [4.69, 9.17) is 9.15 Å². The molecule has 1 aromatic carbocycles. The van der Waals surface area contributed by atoms with E-state index in [1.807, 2.05) is 37.3 Å². The van der Waals surface area contributed by atoms with E-state index in [0.717, 1.165) is 11.3 Å². The lowest BCUT2D eigenvalue weighted by molar-refractivity contribution is -0.120. The van der Waals surface area contributed by atoms with Gasteiger partial charge in [-0.3, -0.25) is 9.89 Å². The Balaban J connectivity index is 1.57. The Hall–Kier alpha value is -2.74. The first-order valence-corrected chi connectivity index (χ1v) is 8.57. The van der Waals surface area contributed by atoms with Crippen LogP contribution in [-0.2, 0) is 11.3 Å². The molecule has 130 valence electrons. The van der Waals surface area contributed by atoms with E-state index in [-0.39, 0.29) is 11.2 Å². The molecule has 1 amide bonds. The summed E-state index contributed by atoms with van der Waals surface area (Å²) in [6, 6.07) is 11.1. The number of amides is 1. The summed E-state index contributed by atoms with van der Waals surface area (Å²) in [5.41, 5.74) is 0.898. The van der Waals surface area contributed by atoms with Crippen molar-refractivity contribution in [1.82, 2.24) is 20.5 Å². The zero-order valence-electron chi connectivity index (χ0n) is 13.9. The highest BCUT2D eigenvalue weighted by Crippen LogP contribution is 2.24. The van der Waals surface area contributed by atoms with Gasteiger partial charge in [-0.25, -0.2) is 4.98 Å². The van der Waals surface area contributed by atoms with Gasteiger partial charge in [0.15, 0.2) is 5.82 Å². The lowest BCUT2D eigenvalue weighted by Crippen LogP contribution is -2.30. The minimum absolute atomic E-state index is 0.0998. The number of furan rings is 1. The third-order valence-corrected chi connectivity index (χ3v) is 4.46. The third kappa shape index (κ3) is 4.42. The number of nitrogens with one attached hydrogen (secondary N) is 2. The molecule has 2 N–H and O–H groups in total. The second-order valence-electron chi connectivity index (χ2n) is 5.25. The van der Waals surface area contributed by atoms with E-state index >= 15 is 0 Å². The number of hydrogen-bond acceptors (Lipinski definition) is 6. The molecule has 0 aliphatic rings. The molecular weight excluding hydrogens is 340 g/mol. The summed E-state index contributed by atoms with van der Waals surface area (Å²) in [6.45, 7) is 2.17. The van der Waals surface area contributed by atoms with Crippen molar-refractivity contribution in [2.24, 2.45) is 0 Å². The predicted molar refractivity (Wildman–Crippen MR) is 94.2 cm³/mol. The van der Waals surface area contributed by atoms with Crippen molar-refractivity contribution in [3.63, 3.8) is 0 Å². The molecule has 1 unspecified atom stereocenters. The van der Waals surface area contributed by atoms with Crippen LogP contribution in [0.25, 0.3) is 11.4 Å². The molecule has 3 aromatic rings. The highest BCUT2D eigenvalue weighted by molar-refractivity contribution is 8.00. The molecule has 0 radical (unpaired) electrons. The molecule has 3 rings (SSSR count). The molecule has 2 aromatic heterocycles. The van der Waals surface area contributed by atoms with Gasteiger partial charge < -0.3 is 14.5 Å². The zero-order chi connectivity index (χ0) is 17.6. The van der Waals surface area contributed by atoms with E-state index in [0.29, 0.717) is 23.3 Å². The monoisotopic (exact) mass is 358 g/mol. The van der Waals surface area contributed by atoms with E-state index in [1.54, 1.807) is 19.4 Å². The predicted octanol–water partition coefficient (Wildman–Crippen LogP) is 2.87. The van der Waals surface area contributed by atoms with Crippen molar-refractivity contribution in [1.29, 1.82) is 0 Å². The van der Waals surface area contributed by atoms with Crippen LogP contribution in [0.2, 0.25) is 0 Å². The topological polar surface area (TPSA) is 93.0 Å². The first kappa shape index (κ1) is 17.1. The van der Waals surface area contributed by atoms with E-state index in [2.05, 4.69) is 20.5 Å². The molecule has 2 heterocycles. The van der Waals surface area contributed by atoms with Gasteiger partial charge in [-0.15, -0.1) is 5.10 Å². The molecule has 0 spiro atoms. The molecule has 0 saturated carbocycles. The van der Waals surface area contributed by atoms with Gasteiger partial charge in [0.25, 0.3) is 0 Å². The Morgan fingerprint density at radius 2 is 2.16 bits per heavy atom. The van der Waals surface area contributed by atoms with Crippen LogP contribution in [0, 0.1) is 0 Å². The number of thioether (sulfide) groups is 1. The SMILES string of the molecule is COc1ccc(-c2nc(SC(C)C(=O)NCc3ccco3)n[nH]2)cc1. The minimum atomic E-state index is -0.325. The van der Waals surface area contributed by atoms with Crippen LogP contribution in [0.15, 0.2) is 52.2 Å². The Morgan fingerprint density at radius 1 is 1.36 bits per heavy atom. The fourth-order valence-corrected chi connectivity index (χ4v) is 2.87. The highest BCUT2D eigenvalue weighted by Gasteiger charge is 2.17. The summed E-state index contributed by atoms with van der Waals surface area (Å²) in [5, 5.41) is 10.1. The van der Waals surface area contributed by atoms with Crippen LogP contribution in [0.4, 0.5) is 0 Å². The summed E-state index contributed by atoms with van der Waals surface area (Å²) in [5.74, 6) is 2.04. The molecule has 0 aliphatic heterocycles. The normalized spacial score (nSPS) is 11.9. The van der Waals surface area contributed by atoms with Crippen LogP contribution < -0.4 is 10.1 Å². The summed E-state index contributed by atoms with van der Waals surface area (Å²) in [4.78, 5) is 16.6. The van der Waals surface area contributed by atoms with Crippen molar-refractivity contribution >= 4 is 17.7 Å². The fourth-order valence-electron chi connectivity index (χ4n) is 2.12. The Labute approximate surface area is 149 Å². The average molecular weight is 358 g/mol. The number of H-pyrrole nitrogens is 1. The first-order valence-electron chi connectivity index (χ1n) is 7.69. The van der Waals surface area contributed by atoms with Crippen LogP contribution >= 0.6 is 11.8 Å². The number of aromatic nitrogens is 3. The maximum absolute atomic E-state index is 12.1. The molecule has 25 heavy (non-hydrogen) atoms. The molecule has 0 bridgehead atoms. The third-order valence-electron chi connectivity index (χ3n) is 3.50. The maximum atomic E-state index is 12.1. The number of rotatable bonds is 7. The number of methoxy groups -OCH3 is 1. The van der Waals surface area contributed by atoms with Crippen LogP contribution in [0.3, 0.4) is 0 Å². The standard InChI is InChI=1S/C17H18N4O3S/c1-11(16(22)18-10-14-4-3-9-24-14)25-17-19-15(20-21-17)12-5-7-13(23-2)8-6-12/h3-9,11H,10H2,1-2H3,(H,18,22)(H,19,20,21). The van der Waals surface area contributed by atoms with Crippen molar-refractivity contribution in [2.75, 3.05) is 7.11 Å². The molecule has 0 saturated heterocycles. The smallest absolute Gasteiger partial charge is 0.233 e. The molecule has 1 atom stereocenters. The maximum Gasteiger partial charge on any atom is 0.233 e. The molecular formula is C17H18N4O3S. The summed E-state index contributed by atoms with van der Waals surface area (Å²) in [7, 11) is 1.62. The Morgan fingerprint density at radius 3 is 2.84 bits per heavy atom. The molecule has 0 aliphatic carbocycles. The van der Waals surface area contributed by atoms with Gasteiger partial charge in [0, 0.05) is 5.56 Å². The van der Waals surface area contributed by atoms with Gasteiger partial charge in [-0.05, 0) is 43.3 Å². The van der Waals surface area contributed by atoms with Gasteiger partial charge >= 0.3 is 0 Å². The van der Waals surface area contributed by atoms with Crippen LogP contribution in [0.5, 0.6) is 5.75 Å². The first-order chi connectivity index (χ1) is 12.2. The number of ether oxygens (including phenoxy) is 1. The van der Waals surface area contributed by atoms with Gasteiger partial charge in [-0.1, -0.05) is 11.8 Å². The second-order valence-corrected chi connectivity index (χ2v) is 6.56. The average Bonchev–Trinajstić information content (AvgIpc) is 3.31. The van der Waals surface area contributed by atoms with E-state index < -0.39 is 0 Å². The van der Waals surface area contributed by atoms with Gasteiger partial charge in [0.1, 0.15) is 11.5 Å². The highest BCUT2D eigenvalue weighted by atomic mass is 32.2. The minimum Gasteiger partial charge on any atom is -0.497 e. The van der Waals surface area contributed by atoms with Crippen molar-refractivity contribution in [3.05, 3.63) is 48.4 Å². The van der Waals surface area contributed by atoms with Crippen molar-refractivity contribution < 1.29 is 13.9 Å². The molecule has 7 nitrogen and oxygen atoms in total. The number of nitrogens with zero attached hydrogens (tertiary/aromatic N) is 2. The van der Waals surface area contributed by atoms with Crippen molar-refractivity contribution in [2.45, 2.75) is 23.9 Å². The van der Waals surface area contributed by atoms with Crippen LogP contribution in [-0.4, -0.2) is 33.4 Å². The number of hydrogen-bond donors (Lipinski definition) is 2. The largest absolute Gasteiger partial charge is 0.497 e. The lowest BCUT2D eigenvalue weighted by Gasteiger charge is -2.08. The van der Waals surface area contributed by atoms with Gasteiger partial charge in [0.2, 0.25) is 11.1 Å². The van der Waals surface area contributed by atoms with E-state index in [9.17, 15) is 4.79 Å². The summed E-state index contributed by atoms with van der Waals surface area (Å²) >= 11 is 1.29. The number of carbonyl (C=O) groups is 1. The summed E-state index contributed by atoms with van der Waals surface area (Å²) in [6.07, 6.45) is 1.58. The number of aromatic amines is 1. The molecule has 0 fully saturated rings. The number of carbonyl (C=O) groups excluding carboxylic acids is 1. The Kier molecular flexibility index (Phi) is 5.39.